The molecule has 2 nitrogen and oxygen atoms in total. The fourth-order valence-electron chi connectivity index (χ4n) is 2.24. The Hall–Kier alpha value is -0.860. The van der Waals surface area contributed by atoms with E-state index in [9.17, 15) is 0 Å². The lowest BCUT2D eigenvalue weighted by molar-refractivity contribution is 0.299. The average Bonchev–Trinajstić information content (AvgIpc) is 2.51. The van der Waals surface area contributed by atoms with Gasteiger partial charge in [0.25, 0.3) is 0 Å². The second kappa shape index (κ2) is 10.8. The normalized spacial score (nSPS) is 10.4. The van der Waals surface area contributed by atoms with Gasteiger partial charge in [0.1, 0.15) is 22.6 Å². The van der Waals surface area contributed by atoms with Gasteiger partial charge in [-0.15, -0.1) is 0 Å². The molecule has 0 atom stereocenters. The molecule has 0 aliphatic rings. The van der Waals surface area contributed by atoms with Crippen LogP contribution in [0, 0.1) is 0 Å². The number of halogens is 2. The lowest BCUT2D eigenvalue weighted by atomic mass is 10.0. The average molecular weight is 345 g/mol. The fraction of sp³-hybridized carbons (Fsp3) is 0.556. The Morgan fingerprint density at radius 1 is 1.00 bits per heavy atom. The van der Waals surface area contributed by atoms with E-state index in [0.717, 1.165) is 37.4 Å². The molecule has 0 saturated carbocycles. The lowest BCUT2D eigenvalue weighted by Crippen LogP contribution is -2.04. The first kappa shape index (κ1) is 19.2. The minimum absolute atomic E-state index is 0.224. The number of ether oxygens (including phenoxy) is 2. The van der Waals surface area contributed by atoms with Crippen LogP contribution in [0.2, 0.25) is 0 Å². The third-order valence-electron chi connectivity index (χ3n) is 3.46. The molecule has 0 aliphatic carbocycles. The van der Waals surface area contributed by atoms with Crippen molar-refractivity contribution in [2.75, 3.05) is 13.2 Å². The third-order valence-corrected chi connectivity index (χ3v) is 3.77. The van der Waals surface area contributed by atoms with Crippen LogP contribution in [0.1, 0.15) is 51.2 Å². The van der Waals surface area contributed by atoms with Crippen LogP contribution in [0.25, 0.3) is 0 Å². The first-order valence-electron chi connectivity index (χ1n) is 8.04. The molecule has 0 amide bonds. The molecule has 0 spiro atoms. The highest BCUT2D eigenvalue weighted by Crippen LogP contribution is 2.31. The van der Waals surface area contributed by atoms with Gasteiger partial charge in [-0.25, -0.2) is 0 Å². The second-order valence-corrected chi connectivity index (χ2v) is 6.15. The molecule has 0 radical (unpaired) electrons. The van der Waals surface area contributed by atoms with Crippen molar-refractivity contribution in [1.29, 1.82) is 0 Å². The number of hydrogen-bond acceptors (Lipinski definition) is 2. The van der Waals surface area contributed by atoms with E-state index >= 15 is 0 Å². The zero-order valence-corrected chi connectivity index (χ0v) is 15.3. The summed E-state index contributed by atoms with van der Waals surface area (Å²) in [6.45, 7) is 7.60. The molecule has 0 bridgehead atoms. The predicted molar refractivity (Wildman–Crippen MR) is 95.5 cm³/mol. The van der Waals surface area contributed by atoms with Crippen molar-refractivity contribution in [2.24, 2.45) is 0 Å². The van der Waals surface area contributed by atoms with E-state index in [1.807, 2.05) is 12.1 Å². The minimum atomic E-state index is 0.224. The van der Waals surface area contributed by atoms with Gasteiger partial charge in [-0.05, 0) is 48.6 Å². The van der Waals surface area contributed by atoms with E-state index in [4.69, 9.17) is 32.7 Å². The van der Waals surface area contributed by atoms with Crippen molar-refractivity contribution in [1.82, 2.24) is 0 Å². The van der Waals surface area contributed by atoms with Crippen LogP contribution in [0.15, 0.2) is 22.7 Å². The highest BCUT2D eigenvalue weighted by molar-refractivity contribution is 6.55. The van der Waals surface area contributed by atoms with Crippen LogP contribution >= 0.6 is 23.2 Å². The van der Waals surface area contributed by atoms with E-state index in [-0.39, 0.29) is 4.49 Å². The van der Waals surface area contributed by atoms with Crippen LogP contribution in [0.5, 0.6) is 11.5 Å². The van der Waals surface area contributed by atoms with Crippen molar-refractivity contribution < 1.29 is 9.47 Å². The van der Waals surface area contributed by atoms with Crippen molar-refractivity contribution in [3.8, 4) is 11.5 Å². The molecule has 4 heteroatoms. The van der Waals surface area contributed by atoms with Gasteiger partial charge in [0, 0.05) is 0 Å². The lowest BCUT2D eigenvalue weighted by Gasteiger charge is -2.17. The quantitative estimate of drug-likeness (QED) is 0.479. The molecule has 0 aliphatic heterocycles. The van der Waals surface area contributed by atoms with Gasteiger partial charge in [-0.3, -0.25) is 0 Å². The minimum Gasteiger partial charge on any atom is -0.493 e. The molecule has 0 heterocycles. The summed E-state index contributed by atoms with van der Waals surface area (Å²) in [5.74, 6) is 1.86. The number of rotatable bonds is 10. The number of aryl methyl sites for hydroxylation is 2. The summed E-state index contributed by atoms with van der Waals surface area (Å²) in [5, 5.41) is 0. The first-order chi connectivity index (χ1) is 10.6. The van der Waals surface area contributed by atoms with Gasteiger partial charge >= 0.3 is 0 Å². The molecule has 0 saturated heterocycles. The van der Waals surface area contributed by atoms with E-state index in [1.165, 1.54) is 24.0 Å². The molecule has 1 aromatic carbocycles. The topological polar surface area (TPSA) is 18.5 Å². The molecule has 0 aromatic heterocycles. The van der Waals surface area contributed by atoms with E-state index < -0.39 is 0 Å². The summed E-state index contributed by atoms with van der Waals surface area (Å²) in [5.41, 5.74) is 2.37. The van der Waals surface area contributed by atoms with Crippen LogP contribution in [0.3, 0.4) is 0 Å². The van der Waals surface area contributed by atoms with Gasteiger partial charge in [-0.1, -0.05) is 56.8 Å². The second-order valence-electron chi connectivity index (χ2n) is 5.14. The first-order valence-corrected chi connectivity index (χ1v) is 8.80. The van der Waals surface area contributed by atoms with Gasteiger partial charge in [0.15, 0.2) is 0 Å². The standard InChI is InChI=1S/C18H26Cl2O2/c1-4-7-8-10-22-18-14(5-2)12-16(13-15(18)6-3)21-11-9-17(19)20/h9,12-13H,4-8,10-11H2,1-3H3. The molecule has 124 valence electrons. The summed E-state index contributed by atoms with van der Waals surface area (Å²) in [7, 11) is 0. The van der Waals surface area contributed by atoms with Gasteiger partial charge in [0.05, 0.1) is 6.61 Å². The van der Waals surface area contributed by atoms with Crippen LogP contribution in [0.4, 0.5) is 0 Å². The highest BCUT2D eigenvalue weighted by atomic mass is 35.5. The van der Waals surface area contributed by atoms with E-state index in [1.54, 1.807) is 6.08 Å². The molecule has 0 N–H and O–H groups in total. The monoisotopic (exact) mass is 344 g/mol. The molecule has 22 heavy (non-hydrogen) atoms. The zero-order valence-electron chi connectivity index (χ0n) is 13.8. The maximum Gasteiger partial charge on any atom is 0.125 e. The maximum absolute atomic E-state index is 6.04. The molecular weight excluding hydrogens is 319 g/mol. The predicted octanol–water partition coefficient (Wildman–Crippen LogP) is 6.08. The van der Waals surface area contributed by atoms with Crippen LogP contribution in [-0.2, 0) is 12.8 Å². The van der Waals surface area contributed by atoms with E-state index in [0.29, 0.717) is 6.61 Å². The molecule has 0 fully saturated rings. The van der Waals surface area contributed by atoms with Crippen molar-refractivity contribution in [3.63, 3.8) is 0 Å². The zero-order chi connectivity index (χ0) is 16.4. The Morgan fingerprint density at radius 3 is 2.14 bits per heavy atom. The van der Waals surface area contributed by atoms with Crippen molar-refractivity contribution >= 4 is 23.2 Å². The maximum atomic E-state index is 6.04. The summed E-state index contributed by atoms with van der Waals surface area (Å²) >= 11 is 11.2. The SMILES string of the molecule is CCCCCOc1c(CC)cc(OCC=C(Cl)Cl)cc1CC. The highest BCUT2D eigenvalue weighted by Gasteiger charge is 2.11. The summed E-state index contributed by atoms with van der Waals surface area (Å²) in [4.78, 5) is 0. The van der Waals surface area contributed by atoms with Crippen LogP contribution in [-0.4, -0.2) is 13.2 Å². The van der Waals surface area contributed by atoms with Gasteiger partial charge in [-0.2, -0.15) is 0 Å². The van der Waals surface area contributed by atoms with Crippen molar-refractivity contribution in [3.05, 3.63) is 33.8 Å². The van der Waals surface area contributed by atoms with Gasteiger partial charge < -0.3 is 9.47 Å². The summed E-state index contributed by atoms with van der Waals surface area (Å²) < 4.78 is 12.0. The Kier molecular flexibility index (Phi) is 9.42. The molecule has 1 rings (SSSR count). The number of unbranched alkanes of at least 4 members (excludes halogenated alkanes) is 2. The Morgan fingerprint density at radius 2 is 1.64 bits per heavy atom. The third kappa shape index (κ3) is 6.50. The molecular formula is C18H26Cl2O2. The van der Waals surface area contributed by atoms with Gasteiger partial charge in [0.2, 0.25) is 0 Å². The fourth-order valence-corrected chi connectivity index (χ4v) is 2.37. The molecule has 0 unspecified atom stereocenters. The van der Waals surface area contributed by atoms with Crippen LogP contribution < -0.4 is 9.47 Å². The smallest absolute Gasteiger partial charge is 0.125 e. The van der Waals surface area contributed by atoms with Crippen molar-refractivity contribution in [2.45, 2.75) is 52.9 Å². The van der Waals surface area contributed by atoms with E-state index in [2.05, 4.69) is 20.8 Å². The number of hydrogen-bond donors (Lipinski definition) is 0. The Labute approximate surface area is 144 Å². The Balaban J connectivity index is 2.85. The largest absolute Gasteiger partial charge is 0.493 e. The Bertz CT molecular complexity index is 455. The molecule has 1 aromatic rings. The summed E-state index contributed by atoms with van der Waals surface area (Å²) in [6, 6.07) is 4.09. The number of benzene rings is 1. The summed E-state index contributed by atoms with van der Waals surface area (Å²) in [6.07, 6.45) is 6.97.